The summed E-state index contributed by atoms with van der Waals surface area (Å²) in [5.41, 5.74) is 0.912. The normalized spacial score (nSPS) is 18.0. The van der Waals surface area contributed by atoms with Gasteiger partial charge in [-0.3, -0.25) is 4.79 Å². The van der Waals surface area contributed by atoms with E-state index in [1.54, 1.807) is 4.90 Å². The van der Waals surface area contributed by atoms with Crippen LogP contribution in [0.5, 0.6) is 11.5 Å². The van der Waals surface area contributed by atoms with Gasteiger partial charge in [0, 0.05) is 31.6 Å². The molecular formula is C24H30N2O7S2. The van der Waals surface area contributed by atoms with E-state index in [-0.39, 0.29) is 33.5 Å². The predicted molar refractivity (Wildman–Crippen MR) is 131 cm³/mol. The second-order valence-electron chi connectivity index (χ2n) is 8.99. The van der Waals surface area contributed by atoms with E-state index in [1.165, 1.54) is 23.9 Å². The van der Waals surface area contributed by atoms with Crippen LogP contribution in [0.2, 0.25) is 0 Å². The molecule has 3 heterocycles. The number of thiophene rings is 1. The van der Waals surface area contributed by atoms with Crippen LogP contribution in [0.4, 0.5) is 0 Å². The lowest BCUT2D eigenvalue weighted by atomic mass is 9.78. The Bertz CT molecular complexity index is 1200. The van der Waals surface area contributed by atoms with Crippen LogP contribution in [-0.2, 0) is 19.6 Å². The second-order valence-corrected chi connectivity index (χ2v) is 12.0. The van der Waals surface area contributed by atoms with Crippen molar-refractivity contribution in [2.24, 2.45) is 5.41 Å². The summed E-state index contributed by atoms with van der Waals surface area (Å²) in [5.74, 6) is 0.0207. The molecule has 1 aromatic carbocycles. The zero-order valence-corrected chi connectivity index (χ0v) is 21.7. The maximum atomic E-state index is 13.4. The largest absolute Gasteiger partial charge is 0.494 e. The lowest BCUT2D eigenvalue weighted by Gasteiger charge is -2.39. The zero-order valence-electron chi connectivity index (χ0n) is 20.1. The van der Waals surface area contributed by atoms with Crippen molar-refractivity contribution in [1.29, 1.82) is 0 Å². The van der Waals surface area contributed by atoms with E-state index in [9.17, 15) is 18.0 Å². The Morgan fingerprint density at radius 3 is 2.43 bits per heavy atom. The first-order chi connectivity index (χ1) is 16.7. The molecular weight excluding hydrogens is 492 g/mol. The van der Waals surface area contributed by atoms with Gasteiger partial charge < -0.3 is 19.1 Å². The lowest BCUT2D eigenvalue weighted by Crippen LogP contribution is -2.46. The molecule has 1 amide bonds. The zero-order chi connectivity index (χ0) is 25.2. The second kappa shape index (κ2) is 10.2. The molecule has 11 heteroatoms. The average molecular weight is 523 g/mol. The van der Waals surface area contributed by atoms with Crippen molar-refractivity contribution in [3.8, 4) is 11.5 Å². The Morgan fingerprint density at radius 1 is 1.09 bits per heavy atom. The van der Waals surface area contributed by atoms with Gasteiger partial charge in [-0.15, -0.1) is 11.3 Å². The third-order valence-corrected chi connectivity index (χ3v) is 10.2. The van der Waals surface area contributed by atoms with Crippen molar-refractivity contribution in [2.45, 2.75) is 30.4 Å². The van der Waals surface area contributed by atoms with Gasteiger partial charge >= 0.3 is 5.97 Å². The molecule has 2 aliphatic rings. The van der Waals surface area contributed by atoms with E-state index >= 15 is 0 Å². The average Bonchev–Trinajstić information content (AvgIpc) is 3.49. The van der Waals surface area contributed by atoms with Crippen molar-refractivity contribution < 1.29 is 32.2 Å². The fourth-order valence-corrected chi connectivity index (χ4v) is 7.87. The van der Waals surface area contributed by atoms with Crippen LogP contribution >= 0.6 is 11.3 Å². The van der Waals surface area contributed by atoms with Gasteiger partial charge in [0.25, 0.3) is 15.9 Å². The smallest absolute Gasteiger partial charge is 0.342 e. The highest BCUT2D eigenvalue weighted by Crippen LogP contribution is 2.44. The molecule has 9 nitrogen and oxygen atoms in total. The molecule has 0 saturated carbocycles. The minimum absolute atomic E-state index is 0.0124. The van der Waals surface area contributed by atoms with Gasteiger partial charge in [-0.1, -0.05) is 18.2 Å². The first kappa shape index (κ1) is 25.5. The molecule has 0 aliphatic carbocycles. The first-order valence-electron chi connectivity index (χ1n) is 11.4. The van der Waals surface area contributed by atoms with Gasteiger partial charge in [0.1, 0.15) is 11.3 Å². The summed E-state index contributed by atoms with van der Waals surface area (Å²) in [6, 6.07) is 7.58. The molecule has 0 bridgehead atoms. The minimum atomic E-state index is -3.83. The van der Waals surface area contributed by atoms with E-state index < -0.39 is 16.0 Å². The van der Waals surface area contributed by atoms with Crippen molar-refractivity contribution >= 4 is 33.2 Å². The van der Waals surface area contributed by atoms with E-state index in [0.717, 1.165) is 36.2 Å². The summed E-state index contributed by atoms with van der Waals surface area (Å²) < 4.78 is 44.0. The molecule has 1 spiro atoms. The van der Waals surface area contributed by atoms with Crippen LogP contribution in [0.1, 0.15) is 35.2 Å². The standard InChI is InChI=1S/C24H30N2O7S2/c1-17-6-4-5-7-19(17)33-14-20(27)25-11-8-24(9-12-25)10-13-26(16-24)35(29,30)23-21(31-2)18(15-34-23)22(28)32-3/h4-7,15H,8-14,16H2,1-3H3. The Balaban J connectivity index is 1.37. The number of carbonyl (C=O) groups is 2. The Morgan fingerprint density at radius 2 is 1.77 bits per heavy atom. The summed E-state index contributed by atoms with van der Waals surface area (Å²) in [6.07, 6.45) is 2.18. The summed E-state index contributed by atoms with van der Waals surface area (Å²) >= 11 is 0.960. The summed E-state index contributed by atoms with van der Waals surface area (Å²) in [5, 5.41) is 1.45. The van der Waals surface area contributed by atoms with Crippen LogP contribution in [0.15, 0.2) is 33.9 Å². The van der Waals surface area contributed by atoms with E-state index in [2.05, 4.69) is 0 Å². The number of amides is 1. The van der Waals surface area contributed by atoms with Gasteiger partial charge in [-0.05, 0) is 43.2 Å². The van der Waals surface area contributed by atoms with Crippen LogP contribution in [0, 0.1) is 12.3 Å². The highest BCUT2D eigenvalue weighted by atomic mass is 32.2. The van der Waals surface area contributed by atoms with Crippen LogP contribution in [0.25, 0.3) is 0 Å². The topological polar surface area (TPSA) is 102 Å². The summed E-state index contributed by atoms with van der Waals surface area (Å²) in [4.78, 5) is 26.5. The van der Waals surface area contributed by atoms with Crippen LogP contribution in [0.3, 0.4) is 0 Å². The van der Waals surface area contributed by atoms with E-state index in [4.69, 9.17) is 14.2 Å². The van der Waals surface area contributed by atoms with Crippen molar-refractivity contribution in [2.75, 3.05) is 47.0 Å². The number of para-hydroxylation sites is 1. The number of likely N-dealkylation sites (tertiary alicyclic amines) is 1. The monoisotopic (exact) mass is 522 g/mol. The minimum Gasteiger partial charge on any atom is -0.494 e. The number of piperidine rings is 1. The number of rotatable bonds is 7. The van der Waals surface area contributed by atoms with Crippen molar-refractivity contribution in [3.05, 3.63) is 40.8 Å². The number of sulfonamides is 1. The molecule has 1 aromatic heterocycles. The number of esters is 1. The molecule has 2 aromatic rings. The molecule has 0 unspecified atom stereocenters. The lowest BCUT2D eigenvalue weighted by molar-refractivity contribution is -0.135. The fraction of sp³-hybridized carbons (Fsp3) is 0.500. The summed E-state index contributed by atoms with van der Waals surface area (Å²) in [7, 11) is -1.25. The number of aryl methyl sites for hydroxylation is 1. The molecule has 190 valence electrons. The van der Waals surface area contributed by atoms with Crippen LogP contribution < -0.4 is 9.47 Å². The SMILES string of the molecule is COC(=O)c1csc(S(=O)(=O)N2CCC3(CCN(C(=O)COc4ccccc4C)CC3)C2)c1OC. The number of ether oxygens (including phenoxy) is 3. The van der Waals surface area contributed by atoms with Crippen molar-refractivity contribution in [1.82, 2.24) is 9.21 Å². The maximum Gasteiger partial charge on any atom is 0.342 e. The fourth-order valence-electron chi connectivity index (χ4n) is 4.76. The van der Waals surface area contributed by atoms with Gasteiger partial charge in [-0.2, -0.15) is 4.31 Å². The molecule has 4 rings (SSSR count). The number of benzene rings is 1. The Hall–Kier alpha value is -2.63. The molecule has 35 heavy (non-hydrogen) atoms. The first-order valence-corrected chi connectivity index (χ1v) is 13.7. The molecule has 2 fully saturated rings. The van der Waals surface area contributed by atoms with E-state index in [1.807, 2.05) is 31.2 Å². The highest BCUT2D eigenvalue weighted by Gasteiger charge is 2.46. The van der Waals surface area contributed by atoms with Gasteiger partial charge in [0.05, 0.1) is 14.2 Å². The number of hydrogen-bond donors (Lipinski definition) is 0. The maximum absolute atomic E-state index is 13.4. The molecule has 2 aliphatic heterocycles. The van der Waals surface area contributed by atoms with Gasteiger partial charge in [0.2, 0.25) is 0 Å². The van der Waals surface area contributed by atoms with Crippen LogP contribution in [-0.4, -0.2) is 76.5 Å². The molecule has 0 atom stereocenters. The summed E-state index contributed by atoms with van der Waals surface area (Å²) in [6.45, 7) is 3.83. The predicted octanol–water partition coefficient (Wildman–Crippen LogP) is 2.93. The van der Waals surface area contributed by atoms with E-state index in [0.29, 0.717) is 31.9 Å². The highest BCUT2D eigenvalue weighted by molar-refractivity contribution is 7.91. The van der Waals surface area contributed by atoms with Crippen molar-refractivity contribution in [3.63, 3.8) is 0 Å². The number of hydrogen-bond acceptors (Lipinski definition) is 8. The third kappa shape index (κ3) is 5.03. The van der Waals surface area contributed by atoms with Gasteiger partial charge in [-0.25, -0.2) is 13.2 Å². The number of nitrogens with zero attached hydrogens (tertiary/aromatic N) is 2. The molecule has 2 saturated heterocycles. The van der Waals surface area contributed by atoms with Gasteiger partial charge in [0.15, 0.2) is 16.6 Å². The molecule has 0 N–H and O–H groups in total. The Labute approximate surface area is 209 Å². The third-order valence-electron chi connectivity index (χ3n) is 6.92. The number of carbonyl (C=O) groups excluding carboxylic acids is 2. The Kier molecular flexibility index (Phi) is 7.39. The molecule has 0 radical (unpaired) electrons. The number of methoxy groups -OCH3 is 2. The quantitative estimate of drug-likeness (QED) is 0.515.